The third kappa shape index (κ3) is 4.75. The number of nitrogens with one attached hydrogen (secondary N) is 1. The molecule has 1 heterocycles. The number of hydrogen-bond donors (Lipinski definition) is 1. The molecule has 0 atom stereocenters. The van der Waals surface area contributed by atoms with Crippen molar-refractivity contribution in [2.24, 2.45) is 0 Å². The van der Waals surface area contributed by atoms with E-state index in [-0.39, 0.29) is 12.5 Å². The minimum atomic E-state index is -3.23. The lowest BCUT2D eigenvalue weighted by Crippen LogP contribution is -2.35. The molecular formula is C18H19ClN2O4S. The van der Waals surface area contributed by atoms with Crippen molar-refractivity contribution in [2.45, 2.75) is 13.0 Å². The van der Waals surface area contributed by atoms with Crippen molar-refractivity contribution in [2.75, 3.05) is 24.7 Å². The van der Waals surface area contributed by atoms with E-state index in [1.807, 2.05) is 18.2 Å². The van der Waals surface area contributed by atoms with Crippen LogP contribution in [-0.4, -0.2) is 38.0 Å². The van der Waals surface area contributed by atoms with E-state index in [2.05, 4.69) is 5.32 Å². The summed E-state index contributed by atoms with van der Waals surface area (Å²) >= 11 is 5.87. The van der Waals surface area contributed by atoms with Gasteiger partial charge in [0.05, 0.1) is 6.26 Å². The predicted octanol–water partition coefficient (Wildman–Crippen LogP) is 2.68. The van der Waals surface area contributed by atoms with Crippen LogP contribution in [0.4, 0.5) is 5.69 Å². The summed E-state index contributed by atoms with van der Waals surface area (Å²) < 4.78 is 30.3. The summed E-state index contributed by atoms with van der Waals surface area (Å²) in [6.07, 6.45) is 1.87. The van der Waals surface area contributed by atoms with E-state index in [0.717, 1.165) is 11.1 Å². The SMILES string of the molecule is CS(=O)(=O)N1CCc2ccc(NC(=O)COc3cccc(Cl)c3)cc2C1. The first kappa shape index (κ1) is 18.7. The number of nitrogens with zero attached hydrogens (tertiary/aromatic N) is 1. The maximum absolute atomic E-state index is 12.1. The number of fused-ring (bicyclic) bond motifs is 1. The van der Waals surface area contributed by atoms with Crippen LogP contribution in [0, 0.1) is 0 Å². The van der Waals surface area contributed by atoms with Crippen LogP contribution in [0.25, 0.3) is 0 Å². The van der Waals surface area contributed by atoms with Crippen LogP contribution in [-0.2, 0) is 27.8 Å². The summed E-state index contributed by atoms with van der Waals surface area (Å²) in [5.41, 5.74) is 2.60. The zero-order chi connectivity index (χ0) is 18.7. The van der Waals surface area contributed by atoms with Crippen LogP contribution in [0.3, 0.4) is 0 Å². The number of amides is 1. The third-order valence-electron chi connectivity index (χ3n) is 4.10. The minimum Gasteiger partial charge on any atom is -0.484 e. The highest BCUT2D eigenvalue weighted by molar-refractivity contribution is 7.88. The second kappa shape index (κ2) is 7.65. The Bertz CT molecular complexity index is 931. The molecule has 3 rings (SSSR count). The number of carbonyl (C=O) groups excluding carboxylic acids is 1. The first-order valence-corrected chi connectivity index (χ1v) is 10.3. The van der Waals surface area contributed by atoms with Crippen LogP contribution in [0.1, 0.15) is 11.1 Å². The van der Waals surface area contributed by atoms with Gasteiger partial charge in [0.2, 0.25) is 10.0 Å². The zero-order valence-electron chi connectivity index (χ0n) is 14.2. The molecule has 1 aliphatic rings. The third-order valence-corrected chi connectivity index (χ3v) is 5.59. The van der Waals surface area contributed by atoms with Crippen molar-refractivity contribution in [3.8, 4) is 5.75 Å². The summed E-state index contributed by atoms with van der Waals surface area (Å²) in [7, 11) is -3.23. The maximum Gasteiger partial charge on any atom is 0.262 e. The average molecular weight is 395 g/mol. The summed E-state index contributed by atoms with van der Waals surface area (Å²) in [6.45, 7) is 0.648. The molecular weight excluding hydrogens is 376 g/mol. The molecule has 2 aromatic rings. The summed E-state index contributed by atoms with van der Waals surface area (Å²) in [5.74, 6) is 0.211. The lowest BCUT2D eigenvalue weighted by Gasteiger charge is -2.27. The number of sulfonamides is 1. The van der Waals surface area contributed by atoms with Gasteiger partial charge in [0.15, 0.2) is 6.61 Å². The molecule has 0 aliphatic carbocycles. The molecule has 6 nitrogen and oxygen atoms in total. The van der Waals surface area contributed by atoms with Gasteiger partial charge >= 0.3 is 0 Å². The summed E-state index contributed by atoms with van der Waals surface area (Å²) in [5, 5.41) is 3.30. The monoisotopic (exact) mass is 394 g/mol. The van der Waals surface area contributed by atoms with Crippen LogP contribution in [0.5, 0.6) is 5.75 Å². The number of ether oxygens (including phenoxy) is 1. The van der Waals surface area contributed by atoms with Crippen LogP contribution < -0.4 is 10.1 Å². The first-order valence-electron chi connectivity index (χ1n) is 8.06. The van der Waals surface area contributed by atoms with Crippen molar-refractivity contribution < 1.29 is 17.9 Å². The van der Waals surface area contributed by atoms with Gasteiger partial charge < -0.3 is 10.1 Å². The Morgan fingerprint density at radius 1 is 1.23 bits per heavy atom. The summed E-state index contributed by atoms with van der Waals surface area (Å²) in [6, 6.07) is 12.4. The topological polar surface area (TPSA) is 75.7 Å². The normalized spacial score (nSPS) is 14.5. The number of anilines is 1. The first-order chi connectivity index (χ1) is 12.3. The van der Waals surface area contributed by atoms with Crippen molar-refractivity contribution in [1.29, 1.82) is 0 Å². The highest BCUT2D eigenvalue weighted by Crippen LogP contribution is 2.24. The van der Waals surface area contributed by atoms with E-state index >= 15 is 0 Å². The van der Waals surface area contributed by atoms with E-state index < -0.39 is 10.0 Å². The van der Waals surface area contributed by atoms with Gasteiger partial charge in [0, 0.05) is 23.8 Å². The van der Waals surface area contributed by atoms with Gasteiger partial charge in [-0.1, -0.05) is 23.7 Å². The molecule has 0 aromatic heterocycles. The van der Waals surface area contributed by atoms with Gasteiger partial charge in [-0.2, -0.15) is 4.31 Å². The lowest BCUT2D eigenvalue weighted by molar-refractivity contribution is -0.118. The fourth-order valence-corrected chi connectivity index (χ4v) is 3.77. The van der Waals surface area contributed by atoms with E-state index in [0.29, 0.717) is 36.0 Å². The Kier molecular flexibility index (Phi) is 5.50. The van der Waals surface area contributed by atoms with E-state index in [9.17, 15) is 13.2 Å². The number of halogens is 1. The van der Waals surface area contributed by atoms with Crippen LogP contribution in [0.15, 0.2) is 42.5 Å². The molecule has 0 spiro atoms. The van der Waals surface area contributed by atoms with E-state index in [4.69, 9.17) is 16.3 Å². The van der Waals surface area contributed by atoms with Crippen LogP contribution in [0.2, 0.25) is 5.02 Å². The molecule has 0 saturated heterocycles. The Balaban J connectivity index is 1.63. The highest BCUT2D eigenvalue weighted by Gasteiger charge is 2.23. The Labute approximate surface area is 157 Å². The largest absolute Gasteiger partial charge is 0.484 e. The smallest absolute Gasteiger partial charge is 0.262 e. The molecule has 0 bridgehead atoms. The van der Waals surface area contributed by atoms with Crippen molar-refractivity contribution >= 4 is 33.2 Å². The quantitative estimate of drug-likeness (QED) is 0.845. The second-order valence-corrected chi connectivity index (χ2v) is 8.54. The molecule has 0 saturated carbocycles. The number of rotatable bonds is 5. The van der Waals surface area contributed by atoms with Gasteiger partial charge in [0.25, 0.3) is 5.91 Å². The lowest BCUT2D eigenvalue weighted by atomic mass is 10.0. The van der Waals surface area contributed by atoms with Crippen LogP contribution >= 0.6 is 11.6 Å². The second-order valence-electron chi connectivity index (χ2n) is 6.12. The fourth-order valence-electron chi connectivity index (χ4n) is 2.79. The Hall–Kier alpha value is -2.09. The molecule has 0 radical (unpaired) electrons. The number of hydrogen-bond acceptors (Lipinski definition) is 4. The highest BCUT2D eigenvalue weighted by atomic mass is 35.5. The summed E-state index contributed by atoms with van der Waals surface area (Å²) in [4.78, 5) is 12.1. The zero-order valence-corrected chi connectivity index (χ0v) is 15.8. The maximum atomic E-state index is 12.1. The molecule has 1 N–H and O–H groups in total. The van der Waals surface area contributed by atoms with Gasteiger partial charge in [-0.05, 0) is 47.9 Å². The molecule has 1 aliphatic heterocycles. The van der Waals surface area contributed by atoms with Crippen molar-refractivity contribution in [3.63, 3.8) is 0 Å². The van der Waals surface area contributed by atoms with Gasteiger partial charge in [-0.15, -0.1) is 0 Å². The average Bonchev–Trinajstić information content (AvgIpc) is 2.59. The molecule has 1 amide bonds. The van der Waals surface area contributed by atoms with Gasteiger partial charge in [-0.25, -0.2) is 8.42 Å². The molecule has 138 valence electrons. The van der Waals surface area contributed by atoms with Gasteiger partial charge in [0.1, 0.15) is 5.75 Å². The molecule has 0 unspecified atom stereocenters. The molecule has 0 fully saturated rings. The number of benzene rings is 2. The minimum absolute atomic E-state index is 0.146. The predicted molar refractivity (Wildman–Crippen MR) is 101 cm³/mol. The Morgan fingerprint density at radius 3 is 2.77 bits per heavy atom. The molecule has 8 heteroatoms. The van der Waals surface area contributed by atoms with Crippen molar-refractivity contribution in [3.05, 3.63) is 58.6 Å². The molecule has 26 heavy (non-hydrogen) atoms. The molecule has 2 aromatic carbocycles. The van der Waals surface area contributed by atoms with Crippen molar-refractivity contribution in [1.82, 2.24) is 4.31 Å². The van der Waals surface area contributed by atoms with Gasteiger partial charge in [-0.3, -0.25) is 4.79 Å². The number of carbonyl (C=O) groups is 1. The van der Waals surface area contributed by atoms with E-state index in [1.54, 1.807) is 24.3 Å². The fraction of sp³-hybridized carbons (Fsp3) is 0.278. The standard InChI is InChI=1S/C18H19ClN2O4S/c1-26(23,24)21-8-7-13-5-6-16(9-14(13)11-21)20-18(22)12-25-17-4-2-3-15(19)10-17/h2-6,9-10H,7-8,11-12H2,1H3,(H,20,22). The van der Waals surface area contributed by atoms with E-state index in [1.165, 1.54) is 10.6 Å². The Morgan fingerprint density at radius 2 is 2.04 bits per heavy atom.